The number of para-hydroxylation sites is 1. The molecule has 0 saturated carbocycles. The van der Waals surface area contributed by atoms with E-state index in [4.69, 9.17) is 4.74 Å². The Balaban J connectivity index is 1.43. The number of aliphatic imine (C=N–C) groups is 1. The fourth-order valence-electron chi connectivity index (χ4n) is 2.55. The minimum atomic E-state index is 0.561. The highest BCUT2D eigenvalue weighted by atomic mass is 16.5. The lowest BCUT2D eigenvalue weighted by atomic mass is 10.3. The van der Waals surface area contributed by atoms with Crippen molar-refractivity contribution in [1.82, 2.24) is 25.2 Å². The SMILES string of the molecule is CN=C(NCCOc1ccccc1)NCc1ccc(-n2ccnc2C)nc1. The van der Waals surface area contributed by atoms with E-state index in [9.17, 15) is 0 Å². The smallest absolute Gasteiger partial charge is 0.191 e. The zero-order valence-electron chi connectivity index (χ0n) is 15.6. The largest absolute Gasteiger partial charge is 0.492 e. The number of nitrogens with one attached hydrogen (secondary N) is 2. The van der Waals surface area contributed by atoms with Gasteiger partial charge in [-0.25, -0.2) is 9.97 Å². The van der Waals surface area contributed by atoms with E-state index in [1.54, 1.807) is 13.2 Å². The van der Waals surface area contributed by atoms with Gasteiger partial charge < -0.3 is 15.4 Å². The van der Waals surface area contributed by atoms with Gasteiger partial charge in [-0.3, -0.25) is 9.56 Å². The third kappa shape index (κ3) is 5.31. The molecular formula is C20H24N6O. The number of ether oxygens (including phenoxy) is 1. The number of aryl methyl sites for hydroxylation is 1. The molecule has 0 aliphatic heterocycles. The molecule has 0 amide bonds. The molecule has 0 unspecified atom stereocenters. The van der Waals surface area contributed by atoms with Crippen LogP contribution in [0.5, 0.6) is 5.75 Å². The summed E-state index contributed by atoms with van der Waals surface area (Å²) in [5.41, 5.74) is 1.07. The van der Waals surface area contributed by atoms with E-state index in [-0.39, 0.29) is 0 Å². The highest BCUT2D eigenvalue weighted by Crippen LogP contribution is 2.08. The topological polar surface area (TPSA) is 76.4 Å². The predicted molar refractivity (Wildman–Crippen MR) is 106 cm³/mol. The van der Waals surface area contributed by atoms with E-state index in [0.717, 1.165) is 28.9 Å². The van der Waals surface area contributed by atoms with Gasteiger partial charge in [0.2, 0.25) is 0 Å². The van der Waals surface area contributed by atoms with Crippen molar-refractivity contribution in [3.8, 4) is 11.6 Å². The van der Waals surface area contributed by atoms with E-state index in [0.29, 0.717) is 19.7 Å². The Kier molecular flexibility index (Phi) is 6.40. The van der Waals surface area contributed by atoms with Crippen LogP contribution in [0.3, 0.4) is 0 Å². The fourth-order valence-corrected chi connectivity index (χ4v) is 2.55. The number of rotatable bonds is 7. The first-order valence-electron chi connectivity index (χ1n) is 8.84. The third-order valence-corrected chi connectivity index (χ3v) is 3.97. The molecule has 0 saturated heterocycles. The normalized spacial score (nSPS) is 11.3. The molecule has 140 valence electrons. The summed E-state index contributed by atoms with van der Waals surface area (Å²) in [4.78, 5) is 12.9. The molecule has 3 rings (SSSR count). The second-order valence-corrected chi connectivity index (χ2v) is 5.88. The standard InChI is InChI=1S/C20H24N6O/c1-16-22-10-12-26(16)19-9-8-17(14-24-19)15-25-20(21-2)23-11-13-27-18-6-4-3-5-7-18/h3-10,12,14H,11,13,15H2,1-2H3,(H2,21,23,25). The van der Waals surface area contributed by atoms with Gasteiger partial charge >= 0.3 is 0 Å². The second kappa shape index (κ2) is 9.38. The molecule has 27 heavy (non-hydrogen) atoms. The van der Waals surface area contributed by atoms with Crippen molar-refractivity contribution in [2.45, 2.75) is 13.5 Å². The van der Waals surface area contributed by atoms with E-state index in [2.05, 4.69) is 25.6 Å². The van der Waals surface area contributed by atoms with E-state index < -0.39 is 0 Å². The number of benzene rings is 1. The van der Waals surface area contributed by atoms with Crippen molar-refractivity contribution in [2.75, 3.05) is 20.2 Å². The lowest BCUT2D eigenvalue weighted by molar-refractivity contribution is 0.322. The molecule has 7 heteroatoms. The van der Waals surface area contributed by atoms with Crippen LogP contribution in [-0.2, 0) is 6.54 Å². The average molecular weight is 364 g/mol. The lowest BCUT2D eigenvalue weighted by Crippen LogP contribution is -2.38. The first-order valence-corrected chi connectivity index (χ1v) is 8.84. The highest BCUT2D eigenvalue weighted by Gasteiger charge is 2.03. The molecule has 0 atom stereocenters. The van der Waals surface area contributed by atoms with Gasteiger partial charge in [0.25, 0.3) is 0 Å². The molecule has 0 radical (unpaired) electrons. The summed E-state index contributed by atoms with van der Waals surface area (Å²) in [6.45, 7) is 3.81. The van der Waals surface area contributed by atoms with Crippen LogP contribution in [-0.4, -0.2) is 40.7 Å². The van der Waals surface area contributed by atoms with Crippen LogP contribution in [0.15, 0.2) is 66.0 Å². The number of nitrogens with zero attached hydrogens (tertiary/aromatic N) is 4. The van der Waals surface area contributed by atoms with E-state index in [1.165, 1.54) is 0 Å². The summed E-state index contributed by atoms with van der Waals surface area (Å²) in [6, 6.07) is 13.8. The summed E-state index contributed by atoms with van der Waals surface area (Å²) in [5.74, 6) is 3.35. The summed E-state index contributed by atoms with van der Waals surface area (Å²) in [7, 11) is 1.75. The van der Waals surface area contributed by atoms with Crippen molar-refractivity contribution in [1.29, 1.82) is 0 Å². The van der Waals surface area contributed by atoms with Crippen molar-refractivity contribution < 1.29 is 4.74 Å². The van der Waals surface area contributed by atoms with Gasteiger partial charge in [-0.15, -0.1) is 0 Å². The Labute approximate surface area is 159 Å². The molecule has 0 bridgehead atoms. The van der Waals surface area contributed by atoms with Crippen molar-refractivity contribution in [3.05, 3.63) is 72.4 Å². The average Bonchev–Trinajstić information content (AvgIpc) is 3.14. The lowest BCUT2D eigenvalue weighted by Gasteiger charge is -2.13. The Morgan fingerprint density at radius 2 is 1.96 bits per heavy atom. The van der Waals surface area contributed by atoms with E-state index >= 15 is 0 Å². The van der Waals surface area contributed by atoms with Gasteiger partial charge in [0, 0.05) is 32.2 Å². The number of hydrogen-bond donors (Lipinski definition) is 2. The molecule has 0 spiro atoms. The number of pyridine rings is 1. The monoisotopic (exact) mass is 364 g/mol. The first-order chi connectivity index (χ1) is 13.3. The molecule has 2 aromatic heterocycles. The van der Waals surface area contributed by atoms with Crippen LogP contribution < -0.4 is 15.4 Å². The summed E-state index contributed by atoms with van der Waals surface area (Å²) in [5, 5.41) is 6.51. The minimum absolute atomic E-state index is 0.561. The molecule has 7 nitrogen and oxygen atoms in total. The number of guanidine groups is 1. The van der Waals surface area contributed by atoms with Crippen LogP contribution in [0.25, 0.3) is 5.82 Å². The fraction of sp³-hybridized carbons (Fsp3) is 0.250. The van der Waals surface area contributed by atoms with Gasteiger partial charge in [-0.2, -0.15) is 0 Å². The quantitative estimate of drug-likeness (QED) is 0.382. The van der Waals surface area contributed by atoms with Gasteiger partial charge in [-0.1, -0.05) is 24.3 Å². The maximum absolute atomic E-state index is 5.66. The number of aromatic nitrogens is 3. The molecule has 0 aliphatic carbocycles. The molecule has 2 heterocycles. The van der Waals surface area contributed by atoms with Crippen LogP contribution in [0, 0.1) is 6.92 Å². The molecular weight excluding hydrogens is 340 g/mol. The number of hydrogen-bond acceptors (Lipinski definition) is 4. The Hall–Kier alpha value is -3.35. The second-order valence-electron chi connectivity index (χ2n) is 5.88. The minimum Gasteiger partial charge on any atom is -0.492 e. The van der Waals surface area contributed by atoms with Gasteiger partial charge in [0.1, 0.15) is 24.0 Å². The van der Waals surface area contributed by atoms with Crippen LogP contribution >= 0.6 is 0 Å². The summed E-state index contributed by atoms with van der Waals surface area (Å²) < 4.78 is 7.61. The van der Waals surface area contributed by atoms with Crippen molar-refractivity contribution in [2.24, 2.45) is 4.99 Å². The maximum atomic E-state index is 5.66. The number of imidazole rings is 1. The molecule has 3 aromatic rings. The molecule has 1 aromatic carbocycles. The van der Waals surface area contributed by atoms with Crippen LogP contribution in [0.2, 0.25) is 0 Å². The van der Waals surface area contributed by atoms with Crippen LogP contribution in [0.1, 0.15) is 11.4 Å². The van der Waals surface area contributed by atoms with Gasteiger partial charge in [-0.05, 0) is 30.7 Å². The molecule has 0 aliphatic rings. The summed E-state index contributed by atoms with van der Waals surface area (Å²) >= 11 is 0. The van der Waals surface area contributed by atoms with Gasteiger partial charge in [0.05, 0.1) is 6.54 Å². The van der Waals surface area contributed by atoms with Crippen LogP contribution in [0.4, 0.5) is 0 Å². The Morgan fingerprint density at radius 1 is 1.11 bits per heavy atom. The maximum Gasteiger partial charge on any atom is 0.191 e. The first kappa shape index (κ1) is 18.4. The molecule has 2 N–H and O–H groups in total. The summed E-state index contributed by atoms with van der Waals surface area (Å²) in [6.07, 6.45) is 5.52. The predicted octanol–water partition coefficient (Wildman–Crippen LogP) is 2.32. The third-order valence-electron chi connectivity index (χ3n) is 3.97. The zero-order valence-corrected chi connectivity index (χ0v) is 15.6. The van der Waals surface area contributed by atoms with Crippen molar-refractivity contribution >= 4 is 5.96 Å². The Bertz CT molecular complexity index is 858. The highest BCUT2D eigenvalue weighted by molar-refractivity contribution is 5.79. The van der Waals surface area contributed by atoms with Crippen molar-refractivity contribution in [3.63, 3.8) is 0 Å². The Morgan fingerprint density at radius 3 is 2.63 bits per heavy atom. The van der Waals surface area contributed by atoms with Gasteiger partial charge in [0.15, 0.2) is 5.96 Å². The zero-order chi connectivity index (χ0) is 18.9. The molecule has 0 fully saturated rings. The van der Waals surface area contributed by atoms with E-state index in [1.807, 2.05) is 66.3 Å².